The van der Waals surface area contributed by atoms with Crippen molar-refractivity contribution < 1.29 is 0 Å². The van der Waals surface area contributed by atoms with Crippen LogP contribution in [-0.4, -0.2) is 9.61 Å². The standard InChI is InChI=1S/C24H17BrN2.C12H11N.2C2H6/c1-16-23(18-11-13-20(25)14-12-18)26-27-22(17-7-3-2-4-8-17)15-19-9-5-6-10-21(19)24(16)27;13-12-8-6-11(7-9-12)10-4-2-1-3-5-10;2*1-2/h2-15H,1H3;1-9H,13H2;2*1-2H3. The summed E-state index contributed by atoms with van der Waals surface area (Å²) in [6.45, 7) is 10.2. The van der Waals surface area contributed by atoms with Gasteiger partial charge in [0.2, 0.25) is 0 Å². The predicted molar refractivity (Wildman–Crippen MR) is 195 cm³/mol. The highest BCUT2D eigenvalue weighted by Gasteiger charge is 2.17. The quantitative estimate of drug-likeness (QED) is 0.195. The fraction of sp³-hybridized carbons (Fsp3) is 0.125. The summed E-state index contributed by atoms with van der Waals surface area (Å²) in [5.41, 5.74) is 15.6. The molecular formula is C40H40BrN3. The van der Waals surface area contributed by atoms with Crippen molar-refractivity contribution in [2.45, 2.75) is 34.6 Å². The summed E-state index contributed by atoms with van der Waals surface area (Å²) in [6.07, 6.45) is 0. The minimum atomic E-state index is 0.805. The van der Waals surface area contributed by atoms with E-state index < -0.39 is 0 Å². The average Bonchev–Trinajstić information content (AvgIpc) is 3.45. The molecule has 0 spiro atoms. The number of hydrogen-bond acceptors (Lipinski definition) is 2. The third-order valence-electron chi connectivity index (χ3n) is 7.06. The van der Waals surface area contributed by atoms with Crippen LogP contribution in [-0.2, 0) is 0 Å². The van der Waals surface area contributed by atoms with Gasteiger partial charge in [-0.2, -0.15) is 5.10 Å². The lowest BCUT2D eigenvalue weighted by molar-refractivity contribution is 0.979. The summed E-state index contributed by atoms with van der Waals surface area (Å²) in [7, 11) is 0. The van der Waals surface area contributed by atoms with E-state index in [0.29, 0.717) is 0 Å². The molecule has 5 aromatic carbocycles. The zero-order valence-electron chi connectivity index (χ0n) is 26.1. The van der Waals surface area contributed by atoms with Gasteiger partial charge in [0.1, 0.15) is 0 Å². The van der Waals surface area contributed by atoms with Crippen molar-refractivity contribution in [3.63, 3.8) is 0 Å². The molecule has 2 N–H and O–H groups in total. The second-order valence-electron chi connectivity index (χ2n) is 9.71. The van der Waals surface area contributed by atoms with Crippen LogP contribution in [0.15, 0.2) is 144 Å². The smallest absolute Gasteiger partial charge is 0.0963 e. The number of hydrogen-bond donors (Lipinski definition) is 1. The summed E-state index contributed by atoms with van der Waals surface area (Å²) >= 11 is 3.52. The summed E-state index contributed by atoms with van der Waals surface area (Å²) in [6, 6.07) is 47.8. The van der Waals surface area contributed by atoms with Crippen molar-refractivity contribution in [1.82, 2.24) is 9.61 Å². The Morgan fingerprint density at radius 3 is 1.68 bits per heavy atom. The van der Waals surface area contributed by atoms with E-state index in [0.717, 1.165) is 32.7 Å². The van der Waals surface area contributed by atoms with E-state index in [-0.39, 0.29) is 0 Å². The van der Waals surface area contributed by atoms with E-state index in [4.69, 9.17) is 10.8 Å². The number of aromatic nitrogens is 2. The van der Waals surface area contributed by atoms with Gasteiger partial charge in [-0.25, -0.2) is 4.52 Å². The molecule has 0 aliphatic heterocycles. The van der Waals surface area contributed by atoms with E-state index in [2.05, 4.69) is 118 Å². The number of nitrogens with zero attached hydrogens (tertiary/aromatic N) is 2. The Hall–Kier alpha value is -4.67. The number of anilines is 1. The largest absolute Gasteiger partial charge is 0.399 e. The van der Waals surface area contributed by atoms with E-state index in [1.54, 1.807) is 0 Å². The molecule has 44 heavy (non-hydrogen) atoms. The second kappa shape index (κ2) is 15.7. The van der Waals surface area contributed by atoms with Crippen molar-refractivity contribution >= 4 is 37.9 Å². The fourth-order valence-electron chi connectivity index (χ4n) is 5.04. The van der Waals surface area contributed by atoms with Crippen LogP contribution in [0.25, 0.3) is 49.9 Å². The molecule has 3 nitrogen and oxygen atoms in total. The molecule has 0 saturated heterocycles. The maximum atomic E-state index is 5.60. The van der Waals surface area contributed by atoms with E-state index in [9.17, 15) is 0 Å². The summed E-state index contributed by atoms with van der Waals surface area (Å²) in [5, 5.41) is 7.50. The number of nitrogens with two attached hydrogens (primary N) is 1. The predicted octanol–water partition coefficient (Wildman–Crippen LogP) is 11.9. The topological polar surface area (TPSA) is 43.3 Å². The molecule has 222 valence electrons. The van der Waals surface area contributed by atoms with Crippen molar-refractivity contribution in [1.29, 1.82) is 0 Å². The van der Waals surface area contributed by atoms with Gasteiger partial charge in [-0.3, -0.25) is 0 Å². The Labute approximate surface area is 270 Å². The molecule has 4 heteroatoms. The SMILES string of the molecule is CC.CC.Cc1c(-c2ccc(Br)cc2)nn2c(-c3ccccc3)cc3ccccc3c12.Nc1ccc(-c2ccccc2)cc1. The van der Waals surface area contributed by atoms with Crippen molar-refractivity contribution in [2.24, 2.45) is 0 Å². The molecule has 0 amide bonds. The first-order valence-corrected chi connectivity index (χ1v) is 16.0. The van der Waals surface area contributed by atoms with Crippen LogP contribution in [0.3, 0.4) is 0 Å². The third-order valence-corrected chi connectivity index (χ3v) is 7.59. The molecule has 0 unspecified atom stereocenters. The third kappa shape index (κ3) is 7.27. The molecule has 7 aromatic rings. The van der Waals surface area contributed by atoms with Gasteiger partial charge < -0.3 is 5.73 Å². The summed E-state index contributed by atoms with van der Waals surface area (Å²) in [5.74, 6) is 0. The first-order chi connectivity index (χ1) is 21.6. The van der Waals surface area contributed by atoms with Crippen LogP contribution < -0.4 is 5.73 Å². The normalized spacial score (nSPS) is 10.1. The highest BCUT2D eigenvalue weighted by atomic mass is 79.9. The Morgan fingerprint density at radius 1 is 0.568 bits per heavy atom. The molecule has 0 bridgehead atoms. The zero-order chi connectivity index (χ0) is 31.5. The van der Waals surface area contributed by atoms with Crippen molar-refractivity contribution in [2.75, 3.05) is 5.73 Å². The number of benzene rings is 5. The molecular weight excluding hydrogens is 602 g/mol. The number of halogens is 1. The van der Waals surface area contributed by atoms with Gasteiger partial charge in [0.05, 0.1) is 16.9 Å². The van der Waals surface area contributed by atoms with Gasteiger partial charge >= 0.3 is 0 Å². The second-order valence-corrected chi connectivity index (χ2v) is 10.6. The minimum Gasteiger partial charge on any atom is -0.399 e. The minimum absolute atomic E-state index is 0.805. The molecule has 0 aliphatic rings. The highest BCUT2D eigenvalue weighted by Crippen LogP contribution is 2.34. The number of fused-ring (bicyclic) bond motifs is 3. The van der Waals surface area contributed by atoms with Crippen LogP contribution in [0.4, 0.5) is 5.69 Å². The van der Waals surface area contributed by atoms with Crippen LogP contribution >= 0.6 is 15.9 Å². The first kappa shape index (κ1) is 32.2. The van der Waals surface area contributed by atoms with Gasteiger partial charge in [0.15, 0.2) is 0 Å². The number of rotatable bonds is 3. The molecule has 0 atom stereocenters. The molecule has 7 rings (SSSR count). The Morgan fingerprint density at radius 2 is 1.07 bits per heavy atom. The van der Waals surface area contributed by atoms with Gasteiger partial charge in [-0.1, -0.05) is 153 Å². The number of aryl methyl sites for hydroxylation is 1. The fourth-order valence-corrected chi connectivity index (χ4v) is 5.30. The van der Waals surface area contributed by atoms with E-state index in [1.807, 2.05) is 76.2 Å². The Balaban J connectivity index is 0.000000218. The average molecular weight is 643 g/mol. The molecule has 0 saturated carbocycles. The van der Waals surface area contributed by atoms with Crippen molar-refractivity contribution in [3.05, 3.63) is 150 Å². The van der Waals surface area contributed by atoms with Gasteiger partial charge in [-0.05, 0) is 53.8 Å². The van der Waals surface area contributed by atoms with Crippen molar-refractivity contribution in [3.8, 4) is 33.6 Å². The molecule has 0 aliphatic carbocycles. The van der Waals surface area contributed by atoms with E-state index >= 15 is 0 Å². The van der Waals surface area contributed by atoms with Crippen LogP contribution in [0, 0.1) is 6.92 Å². The highest BCUT2D eigenvalue weighted by molar-refractivity contribution is 9.10. The number of pyridine rings is 1. The molecule has 2 aromatic heterocycles. The lowest BCUT2D eigenvalue weighted by atomic mass is 10.0. The van der Waals surface area contributed by atoms with Gasteiger partial charge in [0, 0.05) is 32.2 Å². The summed E-state index contributed by atoms with van der Waals surface area (Å²) in [4.78, 5) is 0. The summed E-state index contributed by atoms with van der Waals surface area (Å²) < 4.78 is 3.17. The Kier molecular flexibility index (Phi) is 11.5. The lowest BCUT2D eigenvalue weighted by Crippen LogP contribution is -1.95. The first-order valence-electron chi connectivity index (χ1n) is 15.2. The van der Waals surface area contributed by atoms with Gasteiger partial charge in [-0.15, -0.1) is 0 Å². The van der Waals surface area contributed by atoms with Crippen LogP contribution in [0.1, 0.15) is 33.3 Å². The monoisotopic (exact) mass is 641 g/mol. The molecule has 0 radical (unpaired) electrons. The van der Waals surface area contributed by atoms with Crippen LogP contribution in [0.2, 0.25) is 0 Å². The van der Waals surface area contributed by atoms with Gasteiger partial charge in [0.25, 0.3) is 0 Å². The zero-order valence-corrected chi connectivity index (χ0v) is 27.7. The van der Waals surface area contributed by atoms with Crippen LogP contribution in [0.5, 0.6) is 0 Å². The lowest BCUT2D eigenvalue weighted by Gasteiger charge is -2.09. The molecule has 2 heterocycles. The number of nitrogen functional groups attached to an aromatic ring is 1. The maximum absolute atomic E-state index is 5.60. The Bertz CT molecular complexity index is 1890. The van der Waals surface area contributed by atoms with E-state index in [1.165, 1.54) is 33.0 Å². The maximum Gasteiger partial charge on any atom is 0.0963 e. The molecule has 0 fully saturated rings.